The van der Waals surface area contributed by atoms with Crippen molar-refractivity contribution >= 4 is 0 Å². The molecule has 1 rings (SSSR count). The number of hydrogen-bond donors (Lipinski definition) is 2. The maximum absolute atomic E-state index is 9.17. The summed E-state index contributed by atoms with van der Waals surface area (Å²) >= 11 is 0. The minimum Gasteiger partial charge on any atom is -0.394 e. The Morgan fingerprint density at radius 1 is 1.64 bits per heavy atom. The first-order valence-electron chi connectivity index (χ1n) is 4.26. The predicted octanol–water partition coefficient (Wildman–Crippen LogP) is 1.00. The van der Waals surface area contributed by atoms with Crippen molar-refractivity contribution in [3.8, 4) is 0 Å². The summed E-state index contributed by atoms with van der Waals surface area (Å²) in [5.41, 5.74) is 0.365. The Morgan fingerprint density at radius 2 is 2.09 bits per heavy atom. The SMILES string of the molecule is CNC(C)(CO)C1CC1(C)C. The molecular weight excluding hydrogens is 138 g/mol. The third-order valence-electron chi connectivity index (χ3n) is 3.18. The summed E-state index contributed by atoms with van der Waals surface area (Å²) in [5.74, 6) is 0.630. The van der Waals surface area contributed by atoms with Crippen LogP contribution in [0.4, 0.5) is 0 Å². The van der Waals surface area contributed by atoms with Gasteiger partial charge in [-0.3, -0.25) is 0 Å². The number of rotatable bonds is 3. The van der Waals surface area contributed by atoms with Crippen molar-refractivity contribution < 1.29 is 5.11 Å². The molecule has 2 unspecified atom stereocenters. The van der Waals surface area contributed by atoms with Crippen molar-refractivity contribution in [3.63, 3.8) is 0 Å². The molecule has 0 saturated heterocycles. The van der Waals surface area contributed by atoms with Gasteiger partial charge in [0, 0.05) is 5.54 Å². The molecule has 11 heavy (non-hydrogen) atoms. The van der Waals surface area contributed by atoms with Crippen LogP contribution in [0.25, 0.3) is 0 Å². The average Bonchev–Trinajstić information content (AvgIpc) is 2.59. The smallest absolute Gasteiger partial charge is 0.0613 e. The molecule has 1 fully saturated rings. The predicted molar refractivity (Wildman–Crippen MR) is 46.4 cm³/mol. The van der Waals surface area contributed by atoms with Crippen LogP contribution in [0.15, 0.2) is 0 Å². The highest BCUT2D eigenvalue weighted by atomic mass is 16.3. The lowest BCUT2D eigenvalue weighted by molar-refractivity contribution is 0.150. The molecule has 1 aliphatic rings. The Morgan fingerprint density at radius 3 is 2.18 bits per heavy atom. The molecule has 0 amide bonds. The maximum Gasteiger partial charge on any atom is 0.0613 e. The lowest BCUT2D eigenvalue weighted by Gasteiger charge is -2.28. The normalized spacial score (nSPS) is 33.0. The topological polar surface area (TPSA) is 32.3 Å². The van der Waals surface area contributed by atoms with Crippen molar-refractivity contribution in [2.75, 3.05) is 13.7 Å². The minimum atomic E-state index is -0.0660. The van der Waals surface area contributed by atoms with Crippen molar-refractivity contribution in [3.05, 3.63) is 0 Å². The van der Waals surface area contributed by atoms with E-state index in [0.29, 0.717) is 11.3 Å². The zero-order valence-corrected chi connectivity index (χ0v) is 7.94. The van der Waals surface area contributed by atoms with Crippen molar-refractivity contribution in [1.29, 1.82) is 0 Å². The molecule has 0 aromatic heterocycles. The fourth-order valence-corrected chi connectivity index (χ4v) is 1.92. The Labute approximate surface area is 69.0 Å². The van der Waals surface area contributed by atoms with Gasteiger partial charge >= 0.3 is 0 Å². The van der Waals surface area contributed by atoms with E-state index in [4.69, 9.17) is 5.11 Å². The van der Waals surface area contributed by atoms with Gasteiger partial charge in [-0.25, -0.2) is 0 Å². The third-order valence-corrected chi connectivity index (χ3v) is 3.18. The van der Waals surface area contributed by atoms with Crippen LogP contribution < -0.4 is 5.32 Å². The van der Waals surface area contributed by atoms with E-state index in [2.05, 4.69) is 26.1 Å². The third kappa shape index (κ3) is 1.42. The van der Waals surface area contributed by atoms with Crippen LogP contribution in [0.1, 0.15) is 27.2 Å². The molecule has 0 aromatic carbocycles. The Hall–Kier alpha value is -0.0800. The Kier molecular flexibility index (Phi) is 2.01. The van der Waals surface area contributed by atoms with E-state index >= 15 is 0 Å². The van der Waals surface area contributed by atoms with E-state index in [1.165, 1.54) is 6.42 Å². The van der Waals surface area contributed by atoms with Crippen LogP contribution in [-0.2, 0) is 0 Å². The summed E-state index contributed by atoms with van der Waals surface area (Å²) in [5, 5.41) is 12.4. The van der Waals surface area contributed by atoms with Gasteiger partial charge in [0.2, 0.25) is 0 Å². The molecule has 1 saturated carbocycles. The van der Waals surface area contributed by atoms with Gasteiger partial charge in [0.1, 0.15) is 0 Å². The molecule has 66 valence electrons. The van der Waals surface area contributed by atoms with Gasteiger partial charge in [-0.15, -0.1) is 0 Å². The summed E-state index contributed by atoms with van der Waals surface area (Å²) in [6.45, 7) is 6.83. The largest absolute Gasteiger partial charge is 0.394 e. The monoisotopic (exact) mass is 157 g/mol. The first kappa shape index (κ1) is 9.01. The zero-order valence-electron chi connectivity index (χ0n) is 7.94. The number of aliphatic hydroxyl groups excluding tert-OH is 1. The first-order valence-corrected chi connectivity index (χ1v) is 4.26. The van der Waals surface area contributed by atoms with Gasteiger partial charge in [0.15, 0.2) is 0 Å². The van der Waals surface area contributed by atoms with Crippen LogP contribution in [0, 0.1) is 11.3 Å². The number of nitrogens with one attached hydrogen (secondary N) is 1. The molecule has 0 heterocycles. The van der Waals surface area contributed by atoms with E-state index in [0.717, 1.165) is 0 Å². The van der Waals surface area contributed by atoms with Crippen LogP contribution in [0.5, 0.6) is 0 Å². The van der Waals surface area contributed by atoms with Gasteiger partial charge < -0.3 is 10.4 Å². The Bertz CT molecular complexity index is 150. The van der Waals surface area contributed by atoms with Crippen LogP contribution in [-0.4, -0.2) is 24.3 Å². The highest BCUT2D eigenvalue weighted by molar-refractivity contribution is 5.08. The molecule has 0 aromatic rings. The van der Waals surface area contributed by atoms with Gasteiger partial charge in [-0.1, -0.05) is 13.8 Å². The lowest BCUT2D eigenvalue weighted by Crippen LogP contribution is -2.46. The van der Waals surface area contributed by atoms with E-state index < -0.39 is 0 Å². The summed E-state index contributed by atoms with van der Waals surface area (Å²) in [6, 6.07) is 0. The molecule has 0 aliphatic heterocycles. The molecule has 2 N–H and O–H groups in total. The highest BCUT2D eigenvalue weighted by Gasteiger charge is 2.54. The second kappa shape index (κ2) is 2.46. The molecule has 2 heteroatoms. The van der Waals surface area contributed by atoms with Gasteiger partial charge in [0.25, 0.3) is 0 Å². The molecular formula is C9H19NO. The number of aliphatic hydroxyl groups is 1. The molecule has 0 spiro atoms. The van der Waals surface area contributed by atoms with Crippen molar-refractivity contribution in [2.45, 2.75) is 32.7 Å². The highest BCUT2D eigenvalue weighted by Crippen LogP contribution is 2.56. The fraction of sp³-hybridized carbons (Fsp3) is 1.00. The summed E-state index contributed by atoms with van der Waals surface area (Å²) in [6.07, 6.45) is 1.23. The van der Waals surface area contributed by atoms with Crippen molar-refractivity contribution in [1.82, 2.24) is 5.32 Å². The second-order valence-electron chi connectivity index (χ2n) is 4.57. The maximum atomic E-state index is 9.17. The number of hydrogen-bond acceptors (Lipinski definition) is 2. The van der Waals surface area contributed by atoms with E-state index in [1.54, 1.807) is 0 Å². The Balaban J connectivity index is 2.59. The van der Waals surface area contributed by atoms with E-state index in [-0.39, 0.29) is 12.1 Å². The molecule has 2 atom stereocenters. The average molecular weight is 157 g/mol. The molecule has 0 radical (unpaired) electrons. The van der Waals surface area contributed by atoms with Gasteiger partial charge in [0.05, 0.1) is 6.61 Å². The summed E-state index contributed by atoms with van der Waals surface area (Å²) < 4.78 is 0. The zero-order chi connectivity index (χ0) is 8.70. The van der Waals surface area contributed by atoms with E-state index in [1.807, 2.05) is 7.05 Å². The van der Waals surface area contributed by atoms with Crippen LogP contribution in [0.2, 0.25) is 0 Å². The minimum absolute atomic E-state index is 0.0660. The van der Waals surface area contributed by atoms with Crippen molar-refractivity contribution in [2.24, 2.45) is 11.3 Å². The van der Waals surface area contributed by atoms with Gasteiger partial charge in [-0.2, -0.15) is 0 Å². The first-order chi connectivity index (χ1) is 4.96. The summed E-state index contributed by atoms with van der Waals surface area (Å²) in [7, 11) is 1.92. The van der Waals surface area contributed by atoms with E-state index in [9.17, 15) is 0 Å². The van der Waals surface area contributed by atoms with Gasteiger partial charge in [-0.05, 0) is 31.7 Å². The second-order valence-corrected chi connectivity index (χ2v) is 4.57. The molecule has 1 aliphatic carbocycles. The lowest BCUT2D eigenvalue weighted by atomic mass is 9.92. The molecule has 2 nitrogen and oxygen atoms in total. The quantitative estimate of drug-likeness (QED) is 0.640. The summed E-state index contributed by atoms with van der Waals surface area (Å²) in [4.78, 5) is 0. The van der Waals surface area contributed by atoms with Crippen LogP contribution in [0.3, 0.4) is 0 Å². The molecule has 0 bridgehead atoms. The van der Waals surface area contributed by atoms with Crippen LogP contribution >= 0.6 is 0 Å². The standard InChI is InChI=1S/C9H19NO/c1-8(2)5-7(8)9(3,6-11)10-4/h7,10-11H,5-6H2,1-4H3. The number of likely N-dealkylation sites (N-methyl/N-ethyl adjacent to an activating group) is 1. The fourth-order valence-electron chi connectivity index (χ4n) is 1.92.